The Hall–Kier alpha value is -3.33. The summed E-state index contributed by atoms with van der Waals surface area (Å²) in [6, 6.07) is 12.7. The summed E-state index contributed by atoms with van der Waals surface area (Å²) in [4.78, 5) is 56.4. The van der Waals surface area contributed by atoms with E-state index in [0.717, 1.165) is 54.5 Å². The largest absolute Gasteiger partial charge is 0.296 e. The van der Waals surface area contributed by atoms with Gasteiger partial charge in [-0.25, -0.2) is 0 Å². The van der Waals surface area contributed by atoms with Crippen LogP contribution in [0.3, 0.4) is 0 Å². The fourth-order valence-corrected chi connectivity index (χ4v) is 7.41. The van der Waals surface area contributed by atoms with Crippen LogP contribution in [0.4, 0.5) is 0 Å². The Labute approximate surface area is 264 Å². The molecule has 1 atom stereocenters. The first-order valence-corrected chi connectivity index (χ1v) is 16.0. The molecule has 44 heavy (non-hydrogen) atoms. The van der Waals surface area contributed by atoms with Crippen LogP contribution in [0.25, 0.3) is 5.57 Å². The number of piperazine rings is 1. The highest BCUT2D eigenvalue weighted by atomic mass is 35.5. The van der Waals surface area contributed by atoms with Gasteiger partial charge in [-0.05, 0) is 85.9 Å². The van der Waals surface area contributed by atoms with E-state index in [2.05, 4.69) is 54.9 Å². The molecule has 8 nitrogen and oxygen atoms in total. The van der Waals surface area contributed by atoms with Crippen LogP contribution in [0, 0.1) is 5.41 Å². The van der Waals surface area contributed by atoms with Crippen LogP contribution >= 0.6 is 11.6 Å². The average molecular weight is 617 g/mol. The Balaban J connectivity index is 1.14. The molecule has 3 aliphatic heterocycles. The number of halogens is 1. The molecule has 2 saturated heterocycles. The van der Waals surface area contributed by atoms with Gasteiger partial charge in [0.2, 0.25) is 11.8 Å². The number of rotatable bonds is 6. The number of allylic oxidation sites excluding steroid dienone is 1. The van der Waals surface area contributed by atoms with Crippen molar-refractivity contribution >= 4 is 40.8 Å². The number of carbonyl (C=O) groups excluding carboxylic acids is 4. The normalized spacial score (nSPS) is 24.1. The molecule has 0 radical (unpaired) electrons. The van der Waals surface area contributed by atoms with E-state index < -0.39 is 23.8 Å². The monoisotopic (exact) mass is 616 g/mol. The van der Waals surface area contributed by atoms with Gasteiger partial charge >= 0.3 is 0 Å². The Morgan fingerprint density at radius 3 is 2.32 bits per heavy atom. The zero-order chi connectivity index (χ0) is 31.4. The van der Waals surface area contributed by atoms with Gasteiger partial charge in [0.15, 0.2) is 0 Å². The summed E-state index contributed by atoms with van der Waals surface area (Å²) in [7, 11) is 0. The zero-order valence-corrected chi connectivity index (χ0v) is 26.8. The summed E-state index contributed by atoms with van der Waals surface area (Å²) in [5.74, 6) is -1.91. The molecule has 3 heterocycles. The van der Waals surface area contributed by atoms with Crippen molar-refractivity contribution in [2.24, 2.45) is 5.41 Å². The molecule has 6 rings (SSSR count). The number of fused-ring (bicyclic) bond motifs is 1. The van der Waals surface area contributed by atoms with Crippen LogP contribution in [0.1, 0.15) is 91.6 Å². The summed E-state index contributed by atoms with van der Waals surface area (Å²) in [5.41, 5.74) is 6.07. The predicted molar refractivity (Wildman–Crippen MR) is 170 cm³/mol. The number of amides is 4. The molecule has 232 valence electrons. The topological polar surface area (TPSA) is 90.0 Å². The van der Waals surface area contributed by atoms with Crippen LogP contribution in [0.2, 0.25) is 5.02 Å². The lowest BCUT2D eigenvalue weighted by atomic mass is 9.72. The van der Waals surface area contributed by atoms with Crippen LogP contribution in [0.15, 0.2) is 48.0 Å². The number of carbonyl (C=O) groups is 4. The van der Waals surface area contributed by atoms with Crippen molar-refractivity contribution in [3.05, 3.63) is 75.3 Å². The van der Waals surface area contributed by atoms with Gasteiger partial charge in [-0.2, -0.15) is 0 Å². The van der Waals surface area contributed by atoms with Crippen molar-refractivity contribution in [3.63, 3.8) is 0 Å². The lowest BCUT2D eigenvalue weighted by Gasteiger charge is -2.48. The highest BCUT2D eigenvalue weighted by molar-refractivity contribution is 6.30. The first-order valence-electron chi connectivity index (χ1n) is 15.6. The Kier molecular flexibility index (Phi) is 8.05. The molecule has 2 fully saturated rings. The Morgan fingerprint density at radius 2 is 1.61 bits per heavy atom. The van der Waals surface area contributed by atoms with Crippen molar-refractivity contribution < 1.29 is 19.2 Å². The van der Waals surface area contributed by atoms with E-state index in [-0.39, 0.29) is 29.7 Å². The molecule has 0 saturated carbocycles. The number of hydrogen-bond acceptors (Lipinski definition) is 6. The third-order valence-electron chi connectivity index (χ3n) is 9.82. The molecule has 0 spiro atoms. The second kappa shape index (κ2) is 11.5. The molecule has 1 N–H and O–H groups in total. The van der Waals surface area contributed by atoms with Gasteiger partial charge in [-0.3, -0.25) is 39.2 Å². The van der Waals surface area contributed by atoms with Crippen LogP contribution < -0.4 is 5.32 Å². The number of nitrogens with zero attached hydrogens (tertiary/aromatic N) is 3. The maximum Gasteiger partial charge on any atom is 0.262 e. The summed E-state index contributed by atoms with van der Waals surface area (Å²) >= 11 is 6.21. The van der Waals surface area contributed by atoms with E-state index in [0.29, 0.717) is 17.7 Å². The lowest BCUT2D eigenvalue weighted by molar-refractivity contribution is -0.136. The number of benzene rings is 2. The third kappa shape index (κ3) is 6.00. The van der Waals surface area contributed by atoms with Gasteiger partial charge in [0.25, 0.3) is 11.8 Å². The van der Waals surface area contributed by atoms with Gasteiger partial charge in [0, 0.05) is 49.7 Å². The number of piperidine rings is 1. The number of hydrogen-bond donors (Lipinski definition) is 1. The van der Waals surface area contributed by atoms with Gasteiger partial charge in [0.05, 0.1) is 11.1 Å². The molecule has 2 aromatic carbocycles. The standard InChI is InChI=1S/C35H41ClN4O4/c1-34(2)14-13-24(28(18-34)23-6-8-25(36)9-7-23)20-39-16-15-38(21-35(39,3)4)19-22-5-10-26-27(17-22)33(44)40(32(26)43)29-11-12-30(41)37-31(29)42/h5-10,17,29H,11-16,18-21H2,1-4H3,(H,37,41,42). The maximum absolute atomic E-state index is 13.3. The average Bonchev–Trinajstić information content (AvgIpc) is 3.20. The zero-order valence-electron chi connectivity index (χ0n) is 26.0. The van der Waals surface area contributed by atoms with Crippen molar-refractivity contribution in [1.82, 2.24) is 20.0 Å². The van der Waals surface area contributed by atoms with E-state index >= 15 is 0 Å². The van der Waals surface area contributed by atoms with E-state index in [4.69, 9.17) is 11.6 Å². The predicted octanol–water partition coefficient (Wildman–Crippen LogP) is 5.30. The maximum atomic E-state index is 13.3. The molecule has 4 aliphatic rings. The minimum atomic E-state index is -0.956. The van der Waals surface area contributed by atoms with Crippen LogP contribution in [-0.4, -0.2) is 76.1 Å². The first-order chi connectivity index (χ1) is 20.8. The molecule has 4 amide bonds. The quantitative estimate of drug-likeness (QED) is 0.443. The van der Waals surface area contributed by atoms with Crippen molar-refractivity contribution in [2.75, 3.05) is 26.2 Å². The number of imide groups is 2. The summed E-state index contributed by atoms with van der Waals surface area (Å²) < 4.78 is 0. The number of nitrogens with one attached hydrogen (secondary N) is 1. The second-order valence-corrected chi connectivity index (χ2v) is 14.6. The van der Waals surface area contributed by atoms with Crippen molar-refractivity contribution in [2.45, 2.75) is 77.9 Å². The van der Waals surface area contributed by atoms with E-state index in [9.17, 15) is 19.2 Å². The highest BCUT2D eigenvalue weighted by Crippen LogP contribution is 2.44. The fraction of sp³-hybridized carbons (Fsp3) is 0.486. The molecule has 1 unspecified atom stereocenters. The van der Waals surface area contributed by atoms with Gasteiger partial charge < -0.3 is 0 Å². The molecule has 2 aromatic rings. The highest BCUT2D eigenvalue weighted by Gasteiger charge is 2.45. The van der Waals surface area contributed by atoms with E-state index in [1.54, 1.807) is 12.1 Å². The summed E-state index contributed by atoms with van der Waals surface area (Å²) in [6.07, 6.45) is 3.59. The third-order valence-corrected chi connectivity index (χ3v) is 10.1. The molecular formula is C35H41ClN4O4. The Bertz CT molecular complexity index is 1560. The van der Waals surface area contributed by atoms with E-state index in [1.165, 1.54) is 23.1 Å². The summed E-state index contributed by atoms with van der Waals surface area (Å²) in [6.45, 7) is 13.6. The van der Waals surface area contributed by atoms with Crippen LogP contribution in [0.5, 0.6) is 0 Å². The van der Waals surface area contributed by atoms with Crippen molar-refractivity contribution in [3.8, 4) is 0 Å². The van der Waals surface area contributed by atoms with Gasteiger partial charge in [-0.15, -0.1) is 0 Å². The first kappa shape index (κ1) is 30.7. The van der Waals surface area contributed by atoms with Crippen molar-refractivity contribution in [1.29, 1.82) is 0 Å². The summed E-state index contributed by atoms with van der Waals surface area (Å²) in [5, 5.41) is 3.01. The minimum Gasteiger partial charge on any atom is -0.296 e. The Morgan fingerprint density at radius 1 is 0.886 bits per heavy atom. The van der Waals surface area contributed by atoms with Gasteiger partial charge in [0.1, 0.15) is 6.04 Å². The molecule has 0 bridgehead atoms. The SMILES string of the molecule is CC1(C)CCC(CN2CCN(Cc3ccc4c(c3)C(=O)N(C3CCC(=O)NC3=O)C4=O)CC2(C)C)=C(c2ccc(Cl)cc2)C1. The van der Waals surface area contributed by atoms with E-state index in [1.807, 2.05) is 18.2 Å². The lowest BCUT2D eigenvalue weighted by Crippen LogP contribution is -2.59. The van der Waals surface area contributed by atoms with Gasteiger partial charge in [-0.1, -0.05) is 49.2 Å². The molecular weight excluding hydrogens is 576 g/mol. The second-order valence-electron chi connectivity index (χ2n) is 14.2. The fourth-order valence-electron chi connectivity index (χ4n) is 7.29. The smallest absolute Gasteiger partial charge is 0.262 e. The molecule has 9 heteroatoms. The molecule has 0 aromatic heterocycles. The minimum absolute atomic E-state index is 0.0611. The molecule has 1 aliphatic carbocycles. The van der Waals surface area contributed by atoms with Crippen LogP contribution in [-0.2, 0) is 16.1 Å².